The van der Waals surface area contributed by atoms with Crippen LogP contribution in [0.5, 0.6) is 5.75 Å². The SMILES string of the molecule is COc1ccc(C(=O)Nc2ccc(C)c(NS(C)(=O)=O)c2)cc1S(=O)(=O)NC(C)(C)C. The monoisotopic (exact) mass is 469 g/mol. The van der Waals surface area contributed by atoms with Crippen molar-refractivity contribution in [2.24, 2.45) is 0 Å². The number of aryl methyl sites for hydroxylation is 1. The number of rotatable bonds is 7. The summed E-state index contributed by atoms with van der Waals surface area (Å²) in [6, 6.07) is 8.82. The van der Waals surface area contributed by atoms with E-state index in [0.29, 0.717) is 16.9 Å². The Hall–Kier alpha value is -2.63. The quantitative estimate of drug-likeness (QED) is 0.571. The van der Waals surface area contributed by atoms with Crippen LogP contribution in [0.3, 0.4) is 0 Å². The first kappa shape index (κ1) is 24.6. The molecule has 3 N–H and O–H groups in total. The second kappa shape index (κ2) is 8.85. The van der Waals surface area contributed by atoms with Gasteiger partial charge in [-0.2, -0.15) is 0 Å². The van der Waals surface area contributed by atoms with Crippen LogP contribution in [-0.2, 0) is 20.0 Å². The molecule has 2 aromatic rings. The van der Waals surface area contributed by atoms with Crippen LogP contribution in [0.1, 0.15) is 36.7 Å². The number of anilines is 2. The van der Waals surface area contributed by atoms with Crippen molar-refractivity contribution in [2.45, 2.75) is 38.1 Å². The van der Waals surface area contributed by atoms with Crippen LogP contribution in [0, 0.1) is 6.92 Å². The normalized spacial score (nSPS) is 12.3. The number of benzene rings is 2. The fourth-order valence-corrected chi connectivity index (χ4v) is 4.93. The summed E-state index contributed by atoms with van der Waals surface area (Å²) in [7, 11) is -6.10. The van der Waals surface area contributed by atoms with Gasteiger partial charge in [-0.1, -0.05) is 6.07 Å². The Morgan fingerprint density at radius 3 is 2.19 bits per heavy atom. The summed E-state index contributed by atoms with van der Waals surface area (Å²) < 4.78 is 58.7. The molecule has 0 aliphatic heterocycles. The van der Waals surface area contributed by atoms with E-state index in [1.54, 1.807) is 39.8 Å². The lowest BCUT2D eigenvalue weighted by atomic mass is 10.1. The zero-order chi connectivity index (χ0) is 23.6. The Morgan fingerprint density at radius 1 is 1.00 bits per heavy atom. The van der Waals surface area contributed by atoms with Crippen LogP contribution in [-0.4, -0.2) is 41.6 Å². The molecule has 0 saturated carbocycles. The van der Waals surface area contributed by atoms with E-state index in [1.165, 1.54) is 31.4 Å². The lowest BCUT2D eigenvalue weighted by Gasteiger charge is -2.21. The van der Waals surface area contributed by atoms with Gasteiger partial charge in [0.1, 0.15) is 10.6 Å². The second-order valence-corrected chi connectivity index (χ2v) is 11.5. The number of sulfonamides is 2. The van der Waals surface area contributed by atoms with E-state index in [2.05, 4.69) is 14.8 Å². The highest BCUT2D eigenvalue weighted by molar-refractivity contribution is 7.92. The average Bonchev–Trinajstić information content (AvgIpc) is 2.60. The number of carbonyl (C=O) groups is 1. The molecule has 0 bridgehead atoms. The molecule has 0 spiro atoms. The Morgan fingerprint density at radius 2 is 1.65 bits per heavy atom. The molecule has 0 atom stereocenters. The van der Waals surface area contributed by atoms with Gasteiger partial charge < -0.3 is 10.1 Å². The Bertz CT molecular complexity index is 1200. The van der Waals surface area contributed by atoms with Crippen molar-refractivity contribution in [1.82, 2.24) is 4.72 Å². The van der Waals surface area contributed by atoms with Crippen LogP contribution in [0.15, 0.2) is 41.3 Å². The molecule has 0 heterocycles. The van der Waals surface area contributed by atoms with Crippen molar-refractivity contribution >= 4 is 37.3 Å². The van der Waals surface area contributed by atoms with Crippen molar-refractivity contribution in [3.63, 3.8) is 0 Å². The van der Waals surface area contributed by atoms with Crippen LogP contribution >= 0.6 is 0 Å². The van der Waals surface area contributed by atoms with Crippen molar-refractivity contribution in [1.29, 1.82) is 0 Å². The number of nitrogens with one attached hydrogen (secondary N) is 3. The van der Waals surface area contributed by atoms with Gasteiger partial charge in [-0.25, -0.2) is 21.6 Å². The standard InChI is InChI=1S/C20H27N3O6S2/c1-13-7-9-15(12-16(13)22-30(6,25)26)21-19(24)14-8-10-17(29-5)18(11-14)31(27,28)23-20(2,3)4/h7-12,22-23H,1-6H3,(H,21,24). The summed E-state index contributed by atoms with van der Waals surface area (Å²) in [6.07, 6.45) is 1.03. The zero-order valence-corrected chi connectivity index (χ0v) is 19.9. The van der Waals surface area contributed by atoms with Crippen LogP contribution in [0.2, 0.25) is 0 Å². The molecule has 2 rings (SSSR count). The molecular weight excluding hydrogens is 442 g/mol. The van der Waals surface area contributed by atoms with Gasteiger partial charge in [0.2, 0.25) is 20.0 Å². The molecule has 11 heteroatoms. The minimum absolute atomic E-state index is 0.0910. The van der Waals surface area contributed by atoms with Gasteiger partial charge in [0.25, 0.3) is 5.91 Å². The van der Waals surface area contributed by atoms with E-state index in [9.17, 15) is 21.6 Å². The third-order valence-electron chi connectivity index (χ3n) is 3.95. The van der Waals surface area contributed by atoms with Crippen LogP contribution in [0.4, 0.5) is 11.4 Å². The van der Waals surface area contributed by atoms with Gasteiger partial charge in [0, 0.05) is 16.8 Å². The number of methoxy groups -OCH3 is 1. The van der Waals surface area contributed by atoms with Crippen LogP contribution < -0.4 is 19.5 Å². The van der Waals surface area contributed by atoms with E-state index in [4.69, 9.17) is 4.74 Å². The fourth-order valence-electron chi connectivity index (χ4n) is 2.70. The summed E-state index contributed by atoms with van der Waals surface area (Å²) in [6.45, 7) is 6.83. The van der Waals surface area contributed by atoms with Gasteiger partial charge in [-0.15, -0.1) is 0 Å². The first-order valence-corrected chi connectivity index (χ1v) is 12.6. The molecule has 0 unspecified atom stereocenters. The second-order valence-electron chi connectivity index (χ2n) is 8.08. The molecule has 0 aromatic heterocycles. The smallest absolute Gasteiger partial charge is 0.255 e. The molecule has 1 amide bonds. The third-order valence-corrected chi connectivity index (χ3v) is 6.32. The molecule has 170 valence electrons. The molecule has 0 aliphatic carbocycles. The van der Waals surface area contributed by atoms with Crippen molar-refractivity contribution < 1.29 is 26.4 Å². The highest BCUT2D eigenvalue weighted by atomic mass is 32.2. The predicted molar refractivity (Wildman–Crippen MR) is 121 cm³/mol. The first-order chi connectivity index (χ1) is 14.1. The number of ether oxygens (including phenoxy) is 1. The van der Waals surface area contributed by atoms with Crippen molar-refractivity contribution in [3.8, 4) is 5.75 Å². The maximum atomic E-state index is 12.8. The number of hydrogen-bond acceptors (Lipinski definition) is 6. The minimum atomic E-state index is -3.95. The first-order valence-electron chi connectivity index (χ1n) is 9.23. The lowest BCUT2D eigenvalue weighted by molar-refractivity contribution is 0.102. The highest BCUT2D eigenvalue weighted by Crippen LogP contribution is 2.27. The highest BCUT2D eigenvalue weighted by Gasteiger charge is 2.26. The molecule has 31 heavy (non-hydrogen) atoms. The van der Waals surface area contributed by atoms with Crippen LogP contribution in [0.25, 0.3) is 0 Å². The predicted octanol–water partition coefficient (Wildman–Crippen LogP) is 2.70. The van der Waals surface area contributed by atoms with E-state index < -0.39 is 31.5 Å². The van der Waals surface area contributed by atoms with Crippen molar-refractivity contribution in [2.75, 3.05) is 23.4 Å². The molecular formula is C20H27N3O6S2. The molecule has 0 radical (unpaired) electrons. The van der Waals surface area contributed by atoms with E-state index >= 15 is 0 Å². The van der Waals surface area contributed by atoms with E-state index in [0.717, 1.165) is 6.26 Å². The summed E-state index contributed by atoms with van der Waals surface area (Å²) in [5.74, 6) is -0.465. The van der Waals surface area contributed by atoms with Gasteiger partial charge in [-0.3, -0.25) is 9.52 Å². The van der Waals surface area contributed by atoms with E-state index in [-0.39, 0.29) is 16.2 Å². The topological polar surface area (TPSA) is 131 Å². The number of carbonyl (C=O) groups excluding carboxylic acids is 1. The van der Waals surface area contributed by atoms with E-state index in [1.807, 2.05) is 0 Å². The molecule has 0 saturated heterocycles. The molecule has 2 aromatic carbocycles. The maximum absolute atomic E-state index is 12.8. The molecule has 9 nitrogen and oxygen atoms in total. The summed E-state index contributed by atoms with van der Waals surface area (Å²) in [4.78, 5) is 12.6. The fraction of sp³-hybridized carbons (Fsp3) is 0.350. The van der Waals surface area contributed by atoms with Crippen molar-refractivity contribution in [3.05, 3.63) is 47.5 Å². The largest absolute Gasteiger partial charge is 0.495 e. The Balaban J connectivity index is 2.38. The summed E-state index contributed by atoms with van der Waals surface area (Å²) in [5, 5.41) is 2.65. The van der Waals surface area contributed by atoms with Gasteiger partial charge in [0.15, 0.2) is 0 Å². The van der Waals surface area contributed by atoms with Gasteiger partial charge >= 0.3 is 0 Å². The minimum Gasteiger partial charge on any atom is -0.495 e. The third kappa shape index (κ3) is 6.94. The average molecular weight is 470 g/mol. The Kier molecular flexibility index (Phi) is 7.03. The molecule has 0 aliphatic rings. The number of hydrogen-bond donors (Lipinski definition) is 3. The number of amides is 1. The van der Waals surface area contributed by atoms with Gasteiger partial charge in [0.05, 0.1) is 19.1 Å². The summed E-state index contributed by atoms with van der Waals surface area (Å²) >= 11 is 0. The zero-order valence-electron chi connectivity index (χ0n) is 18.2. The van der Waals surface area contributed by atoms with Gasteiger partial charge in [-0.05, 0) is 63.6 Å². The molecule has 0 fully saturated rings. The summed E-state index contributed by atoms with van der Waals surface area (Å²) in [5.41, 5.74) is 0.706. The Labute approximate surface area is 183 Å². The lowest BCUT2D eigenvalue weighted by Crippen LogP contribution is -2.40. The maximum Gasteiger partial charge on any atom is 0.255 e.